The maximum absolute atomic E-state index is 13.6. The summed E-state index contributed by atoms with van der Waals surface area (Å²) in [5.41, 5.74) is -2.01. The Morgan fingerprint density at radius 3 is 2.41 bits per heavy atom. The fourth-order valence-corrected chi connectivity index (χ4v) is 4.23. The van der Waals surface area contributed by atoms with Crippen molar-refractivity contribution >= 4 is 11.8 Å². The van der Waals surface area contributed by atoms with Crippen molar-refractivity contribution in [2.75, 3.05) is 39.8 Å². The summed E-state index contributed by atoms with van der Waals surface area (Å²) in [5, 5.41) is 5.28. The van der Waals surface area contributed by atoms with Crippen LogP contribution in [-0.4, -0.2) is 62.7 Å². The molecule has 1 aromatic rings. The molecular weight excluding hydrogens is 430 g/mol. The number of nitrogens with one attached hydrogen (secondary N) is 2. The molecule has 1 aliphatic carbocycles. The van der Waals surface area contributed by atoms with Crippen LogP contribution in [0.15, 0.2) is 18.2 Å². The number of hydrogen-bond acceptors (Lipinski definition) is 4. The predicted octanol–water partition coefficient (Wildman–Crippen LogP) is 3.12. The maximum atomic E-state index is 13.6. The van der Waals surface area contributed by atoms with Crippen molar-refractivity contribution in [3.05, 3.63) is 29.6 Å². The summed E-state index contributed by atoms with van der Waals surface area (Å²) in [7, 11) is 1.40. The van der Waals surface area contributed by atoms with Crippen LogP contribution in [0.1, 0.15) is 42.5 Å². The largest absolute Gasteiger partial charge is 0.497 e. The third-order valence-electron chi connectivity index (χ3n) is 6.53. The van der Waals surface area contributed by atoms with Gasteiger partial charge in [-0.25, -0.2) is 4.39 Å². The topological polar surface area (TPSA) is 70.7 Å². The number of rotatable bonds is 8. The summed E-state index contributed by atoms with van der Waals surface area (Å²) in [4.78, 5) is 26.5. The van der Waals surface area contributed by atoms with Crippen molar-refractivity contribution in [3.8, 4) is 5.75 Å². The molecule has 32 heavy (non-hydrogen) atoms. The number of hydrogen-bond donors (Lipinski definition) is 2. The minimum Gasteiger partial charge on any atom is -0.497 e. The van der Waals surface area contributed by atoms with E-state index in [1.807, 2.05) is 0 Å². The molecule has 0 atom stereocenters. The lowest BCUT2D eigenvalue weighted by molar-refractivity contribution is -0.243. The standard InChI is InChI=1S/C22H29F4N3O3/c1-32-18-12-16(11-17(23)13-18)19(30)28-14-15-3-8-29(9-4-15)10-7-27-20(31)21(5-2-6-21)22(24,25)26/h11-13,15H,2-10,14H2,1H3,(H,27,31)(H,28,30). The first-order valence-electron chi connectivity index (χ1n) is 10.8. The molecule has 3 rings (SSSR count). The summed E-state index contributed by atoms with van der Waals surface area (Å²) in [6.45, 7) is 2.58. The molecule has 2 aliphatic rings. The second kappa shape index (κ2) is 10.1. The van der Waals surface area contributed by atoms with E-state index in [4.69, 9.17) is 4.74 Å². The summed E-state index contributed by atoms with van der Waals surface area (Å²) < 4.78 is 58.1. The summed E-state index contributed by atoms with van der Waals surface area (Å²) in [5.74, 6) is -1.31. The number of benzene rings is 1. The molecule has 1 aliphatic heterocycles. The number of carbonyl (C=O) groups is 2. The molecule has 1 aromatic carbocycles. The van der Waals surface area contributed by atoms with Crippen molar-refractivity contribution < 1.29 is 31.9 Å². The molecule has 0 aromatic heterocycles. The highest BCUT2D eigenvalue weighted by Gasteiger charge is 2.63. The normalized spacial score (nSPS) is 19.2. The van der Waals surface area contributed by atoms with Crippen molar-refractivity contribution in [1.82, 2.24) is 15.5 Å². The van der Waals surface area contributed by atoms with E-state index in [0.29, 0.717) is 19.5 Å². The molecule has 6 nitrogen and oxygen atoms in total. The Kier molecular flexibility index (Phi) is 7.63. The molecule has 2 amide bonds. The first kappa shape index (κ1) is 24.3. The zero-order chi connectivity index (χ0) is 23.4. The number of halogens is 4. The van der Waals surface area contributed by atoms with Gasteiger partial charge in [-0.2, -0.15) is 13.2 Å². The SMILES string of the molecule is COc1cc(F)cc(C(=O)NCC2CCN(CCNC(=O)C3(C(F)(F)F)CCC3)CC2)c1. The van der Waals surface area contributed by atoms with Crippen molar-refractivity contribution in [2.24, 2.45) is 11.3 Å². The van der Waals surface area contributed by atoms with Gasteiger partial charge in [0.15, 0.2) is 0 Å². The van der Waals surface area contributed by atoms with Gasteiger partial charge in [0, 0.05) is 31.3 Å². The Balaban J connectivity index is 1.36. The number of nitrogens with zero attached hydrogens (tertiary/aromatic N) is 1. The quantitative estimate of drug-likeness (QED) is 0.586. The van der Waals surface area contributed by atoms with Crippen LogP contribution in [0.2, 0.25) is 0 Å². The van der Waals surface area contributed by atoms with Gasteiger partial charge in [0.05, 0.1) is 7.11 Å². The van der Waals surface area contributed by atoms with Crippen LogP contribution in [0.4, 0.5) is 17.6 Å². The molecule has 178 valence electrons. The molecule has 1 saturated carbocycles. The van der Waals surface area contributed by atoms with Gasteiger partial charge in [0.1, 0.15) is 17.0 Å². The average Bonchev–Trinajstić information content (AvgIpc) is 2.70. The zero-order valence-electron chi connectivity index (χ0n) is 18.1. The molecule has 1 saturated heterocycles. The molecule has 2 fully saturated rings. The maximum Gasteiger partial charge on any atom is 0.403 e. The Bertz CT molecular complexity index is 819. The Morgan fingerprint density at radius 1 is 1.16 bits per heavy atom. The number of amides is 2. The zero-order valence-corrected chi connectivity index (χ0v) is 18.1. The predicted molar refractivity (Wildman–Crippen MR) is 110 cm³/mol. The lowest BCUT2D eigenvalue weighted by Crippen LogP contribution is -2.55. The van der Waals surface area contributed by atoms with E-state index in [0.717, 1.165) is 32.0 Å². The number of piperidine rings is 1. The molecule has 2 N–H and O–H groups in total. The van der Waals surface area contributed by atoms with Crippen molar-refractivity contribution in [1.29, 1.82) is 0 Å². The van der Waals surface area contributed by atoms with E-state index < -0.39 is 23.3 Å². The average molecular weight is 459 g/mol. The van der Waals surface area contributed by atoms with E-state index in [1.165, 1.54) is 19.2 Å². The number of carbonyl (C=O) groups excluding carboxylic acids is 2. The van der Waals surface area contributed by atoms with Gasteiger partial charge in [0.25, 0.3) is 5.91 Å². The molecule has 0 unspecified atom stereocenters. The van der Waals surface area contributed by atoms with E-state index in [9.17, 15) is 27.2 Å². The smallest absolute Gasteiger partial charge is 0.403 e. The molecule has 0 radical (unpaired) electrons. The number of methoxy groups -OCH3 is 1. The number of likely N-dealkylation sites (tertiary alicyclic amines) is 1. The van der Waals surface area contributed by atoms with E-state index >= 15 is 0 Å². The van der Waals surface area contributed by atoms with Gasteiger partial charge in [0.2, 0.25) is 5.91 Å². The third kappa shape index (κ3) is 5.51. The van der Waals surface area contributed by atoms with Gasteiger partial charge < -0.3 is 20.3 Å². The molecule has 0 bridgehead atoms. The lowest BCUT2D eigenvalue weighted by atomic mass is 9.67. The summed E-state index contributed by atoms with van der Waals surface area (Å²) >= 11 is 0. The van der Waals surface area contributed by atoms with Gasteiger partial charge in [-0.1, -0.05) is 6.42 Å². The minimum absolute atomic E-state index is 0.137. The molecular formula is C22H29F4N3O3. The van der Waals surface area contributed by atoms with E-state index in [-0.39, 0.29) is 42.5 Å². The molecule has 1 heterocycles. The fourth-order valence-electron chi connectivity index (χ4n) is 4.23. The lowest BCUT2D eigenvalue weighted by Gasteiger charge is -2.41. The van der Waals surface area contributed by atoms with Crippen LogP contribution in [0, 0.1) is 17.2 Å². The van der Waals surface area contributed by atoms with Gasteiger partial charge in [-0.15, -0.1) is 0 Å². The third-order valence-corrected chi connectivity index (χ3v) is 6.53. The van der Waals surface area contributed by atoms with Crippen molar-refractivity contribution in [3.63, 3.8) is 0 Å². The Morgan fingerprint density at radius 2 is 1.84 bits per heavy atom. The second-order valence-electron chi connectivity index (χ2n) is 8.56. The van der Waals surface area contributed by atoms with Crippen LogP contribution < -0.4 is 15.4 Å². The number of alkyl halides is 3. The highest BCUT2D eigenvalue weighted by molar-refractivity contribution is 5.94. The van der Waals surface area contributed by atoms with E-state index in [2.05, 4.69) is 15.5 Å². The van der Waals surface area contributed by atoms with E-state index in [1.54, 1.807) is 0 Å². The molecule has 10 heteroatoms. The van der Waals surface area contributed by atoms with Crippen LogP contribution in [-0.2, 0) is 4.79 Å². The fraction of sp³-hybridized carbons (Fsp3) is 0.636. The van der Waals surface area contributed by atoms with Gasteiger partial charge >= 0.3 is 6.18 Å². The van der Waals surface area contributed by atoms with Crippen LogP contribution in [0.5, 0.6) is 5.75 Å². The summed E-state index contributed by atoms with van der Waals surface area (Å²) in [6.07, 6.45) is -2.73. The summed E-state index contributed by atoms with van der Waals surface area (Å²) in [6, 6.07) is 3.83. The highest BCUT2D eigenvalue weighted by atomic mass is 19.4. The Hall–Kier alpha value is -2.36. The van der Waals surface area contributed by atoms with Crippen LogP contribution in [0.25, 0.3) is 0 Å². The van der Waals surface area contributed by atoms with Gasteiger partial charge in [-0.05, 0) is 56.8 Å². The van der Waals surface area contributed by atoms with Crippen LogP contribution in [0.3, 0.4) is 0 Å². The molecule has 0 spiro atoms. The number of ether oxygens (including phenoxy) is 1. The Labute approximate surface area is 184 Å². The van der Waals surface area contributed by atoms with Gasteiger partial charge in [-0.3, -0.25) is 9.59 Å². The monoisotopic (exact) mass is 459 g/mol. The minimum atomic E-state index is -4.51. The highest BCUT2D eigenvalue weighted by Crippen LogP contribution is 2.53. The first-order chi connectivity index (χ1) is 15.1. The first-order valence-corrected chi connectivity index (χ1v) is 10.8. The second-order valence-corrected chi connectivity index (χ2v) is 8.56. The van der Waals surface area contributed by atoms with Crippen LogP contribution >= 0.6 is 0 Å². The van der Waals surface area contributed by atoms with Crippen molar-refractivity contribution in [2.45, 2.75) is 38.3 Å².